The van der Waals surface area contributed by atoms with Gasteiger partial charge >= 0.3 is 0 Å². The van der Waals surface area contributed by atoms with Crippen molar-refractivity contribution in [3.63, 3.8) is 0 Å². The summed E-state index contributed by atoms with van der Waals surface area (Å²) in [6, 6.07) is 22.7. The summed E-state index contributed by atoms with van der Waals surface area (Å²) in [5.74, 6) is 0.312. The molecule has 0 unspecified atom stereocenters. The van der Waals surface area contributed by atoms with Gasteiger partial charge in [0.2, 0.25) is 0 Å². The first kappa shape index (κ1) is 20.4. The van der Waals surface area contributed by atoms with Gasteiger partial charge in [0, 0.05) is 10.0 Å². The van der Waals surface area contributed by atoms with Crippen LogP contribution in [-0.2, 0) is 11.4 Å². The van der Waals surface area contributed by atoms with Crippen LogP contribution in [0.3, 0.4) is 0 Å². The topological polar surface area (TPSA) is 46.6 Å². The highest BCUT2D eigenvalue weighted by Gasteiger charge is 2.36. The molecule has 2 amide bonds. The molecule has 0 spiro atoms. The van der Waals surface area contributed by atoms with Crippen molar-refractivity contribution in [3.8, 4) is 5.75 Å². The van der Waals surface area contributed by atoms with Gasteiger partial charge in [-0.25, -0.2) is 4.90 Å². The number of thioether (sulfide) groups is 1. The molecule has 150 valence electrons. The lowest BCUT2D eigenvalue weighted by Crippen LogP contribution is -2.27. The number of halogens is 1. The molecule has 0 saturated carbocycles. The van der Waals surface area contributed by atoms with Crippen LogP contribution in [0.25, 0.3) is 6.08 Å². The van der Waals surface area contributed by atoms with Gasteiger partial charge in [-0.1, -0.05) is 64.0 Å². The summed E-state index contributed by atoms with van der Waals surface area (Å²) in [4.78, 5) is 26.9. The summed E-state index contributed by atoms with van der Waals surface area (Å²) in [6.07, 6.45) is 1.71. The number of nitrogens with zero attached hydrogens (tertiary/aromatic N) is 1. The van der Waals surface area contributed by atoms with Crippen molar-refractivity contribution in [2.24, 2.45) is 0 Å². The van der Waals surface area contributed by atoms with Crippen molar-refractivity contribution < 1.29 is 14.3 Å². The maximum atomic E-state index is 12.9. The second kappa shape index (κ2) is 8.90. The second-order valence-corrected chi connectivity index (χ2v) is 8.72. The maximum Gasteiger partial charge on any atom is 0.298 e. The zero-order valence-corrected chi connectivity index (χ0v) is 18.6. The number of carbonyl (C=O) groups excluding carboxylic acids is 2. The normalized spacial score (nSPS) is 15.1. The van der Waals surface area contributed by atoms with E-state index >= 15 is 0 Å². The van der Waals surface area contributed by atoms with Crippen molar-refractivity contribution >= 4 is 50.6 Å². The molecular weight excluding hydrogens is 462 g/mol. The Kier molecular flexibility index (Phi) is 6.06. The minimum Gasteiger partial charge on any atom is -0.488 e. The second-order valence-electron chi connectivity index (χ2n) is 6.81. The molecule has 1 saturated heterocycles. The molecule has 0 aromatic heterocycles. The Labute approximate surface area is 187 Å². The van der Waals surface area contributed by atoms with Gasteiger partial charge in [0.1, 0.15) is 12.4 Å². The number of anilines is 1. The fraction of sp³-hybridized carbons (Fsp3) is 0.0833. The van der Waals surface area contributed by atoms with Crippen molar-refractivity contribution in [3.05, 3.63) is 98.9 Å². The highest BCUT2D eigenvalue weighted by molar-refractivity contribution is 9.10. The number of amides is 2. The van der Waals surface area contributed by atoms with E-state index in [0.717, 1.165) is 27.4 Å². The van der Waals surface area contributed by atoms with E-state index in [4.69, 9.17) is 4.74 Å². The minimum absolute atomic E-state index is 0.310. The molecule has 0 radical (unpaired) electrons. The summed E-state index contributed by atoms with van der Waals surface area (Å²) in [5.41, 5.74) is 3.53. The highest BCUT2D eigenvalue weighted by Crippen LogP contribution is 2.37. The molecule has 1 fully saturated rings. The summed E-state index contributed by atoms with van der Waals surface area (Å²) < 4.78 is 6.89. The Morgan fingerprint density at radius 3 is 2.57 bits per heavy atom. The predicted molar refractivity (Wildman–Crippen MR) is 125 cm³/mol. The Hall–Kier alpha value is -2.83. The van der Waals surface area contributed by atoms with Crippen LogP contribution in [0.15, 0.2) is 82.2 Å². The summed E-state index contributed by atoms with van der Waals surface area (Å²) in [5, 5.41) is -0.310. The van der Waals surface area contributed by atoms with Crippen LogP contribution in [-0.4, -0.2) is 11.1 Å². The minimum atomic E-state index is -0.333. The number of benzene rings is 3. The van der Waals surface area contributed by atoms with Gasteiger partial charge in [0.05, 0.1) is 10.6 Å². The van der Waals surface area contributed by atoms with Gasteiger partial charge in [0.25, 0.3) is 11.1 Å². The van der Waals surface area contributed by atoms with E-state index in [1.165, 1.54) is 10.5 Å². The standard InChI is InChI=1S/C24H18BrNO3S/c1-16-6-5-7-17(12-16)15-29-21-11-10-19(25)13-18(21)14-22-23(27)26(24(28)30-22)20-8-3-2-4-9-20/h2-14H,15H2,1H3/b22-14-. The van der Waals surface area contributed by atoms with Gasteiger partial charge in [-0.05, 0) is 60.7 Å². The number of carbonyl (C=O) groups is 2. The molecule has 30 heavy (non-hydrogen) atoms. The molecule has 1 heterocycles. The Morgan fingerprint density at radius 2 is 1.80 bits per heavy atom. The molecule has 6 heteroatoms. The van der Waals surface area contributed by atoms with Crippen LogP contribution in [0.1, 0.15) is 16.7 Å². The Bertz CT molecular complexity index is 1140. The number of hydrogen-bond donors (Lipinski definition) is 0. The van der Waals surface area contributed by atoms with E-state index in [9.17, 15) is 9.59 Å². The quantitative estimate of drug-likeness (QED) is 0.387. The van der Waals surface area contributed by atoms with Crippen LogP contribution >= 0.6 is 27.7 Å². The number of para-hydroxylation sites is 1. The third-order valence-electron chi connectivity index (χ3n) is 4.54. The lowest BCUT2D eigenvalue weighted by molar-refractivity contribution is -0.113. The van der Waals surface area contributed by atoms with Gasteiger partial charge in [-0.2, -0.15) is 0 Å². The third kappa shape index (κ3) is 4.50. The predicted octanol–water partition coefficient (Wildman–Crippen LogP) is 6.58. The van der Waals surface area contributed by atoms with E-state index in [1.54, 1.807) is 30.3 Å². The highest BCUT2D eigenvalue weighted by atomic mass is 79.9. The largest absolute Gasteiger partial charge is 0.488 e. The number of hydrogen-bond acceptors (Lipinski definition) is 4. The van der Waals surface area contributed by atoms with E-state index in [0.29, 0.717) is 22.9 Å². The van der Waals surface area contributed by atoms with Gasteiger partial charge < -0.3 is 4.74 Å². The van der Waals surface area contributed by atoms with Crippen LogP contribution in [0.2, 0.25) is 0 Å². The van der Waals surface area contributed by atoms with E-state index in [-0.39, 0.29) is 11.1 Å². The van der Waals surface area contributed by atoms with Crippen molar-refractivity contribution in [1.82, 2.24) is 0 Å². The Morgan fingerprint density at radius 1 is 1.00 bits per heavy atom. The lowest BCUT2D eigenvalue weighted by atomic mass is 10.1. The molecule has 4 nitrogen and oxygen atoms in total. The average Bonchev–Trinajstić information content (AvgIpc) is 3.01. The Balaban J connectivity index is 1.61. The molecular formula is C24H18BrNO3S. The first-order chi connectivity index (χ1) is 14.5. The molecule has 1 aliphatic rings. The fourth-order valence-corrected chi connectivity index (χ4v) is 4.35. The lowest BCUT2D eigenvalue weighted by Gasteiger charge is -2.12. The van der Waals surface area contributed by atoms with Crippen LogP contribution in [0, 0.1) is 6.92 Å². The molecule has 0 N–H and O–H groups in total. The summed E-state index contributed by atoms with van der Waals surface area (Å²) in [6.45, 7) is 2.45. The SMILES string of the molecule is Cc1cccc(COc2ccc(Br)cc2/C=C2\SC(=O)N(c3ccccc3)C2=O)c1. The monoisotopic (exact) mass is 479 g/mol. The molecule has 1 aliphatic heterocycles. The number of aryl methyl sites for hydroxylation is 1. The average molecular weight is 480 g/mol. The molecule has 0 bridgehead atoms. The van der Waals surface area contributed by atoms with Crippen LogP contribution in [0.4, 0.5) is 10.5 Å². The molecule has 0 aliphatic carbocycles. The van der Waals surface area contributed by atoms with E-state index in [1.807, 2.05) is 49.4 Å². The third-order valence-corrected chi connectivity index (χ3v) is 5.91. The first-order valence-electron chi connectivity index (χ1n) is 9.32. The molecule has 0 atom stereocenters. The van der Waals surface area contributed by atoms with Gasteiger partial charge in [-0.15, -0.1) is 0 Å². The first-order valence-corrected chi connectivity index (χ1v) is 10.9. The van der Waals surface area contributed by atoms with Crippen LogP contribution in [0.5, 0.6) is 5.75 Å². The van der Waals surface area contributed by atoms with E-state index < -0.39 is 0 Å². The van der Waals surface area contributed by atoms with E-state index in [2.05, 4.69) is 22.0 Å². The van der Waals surface area contributed by atoms with Gasteiger partial charge in [-0.3, -0.25) is 9.59 Å². The van der Waals surface area contributed by atoms with Gasteiger partial charge in [0.15, 0.2) is 0 Å². The summed E-state index contributed by atoms with van der Waals surface area (Å²) >= 11 is 4.40. The van der Waals surface area contributed by atoms with Crippen LogP contribution < -0.4 is 9.64 Å². The fourth-order valence-electron chi connectivity index (χ4n) is 3.14. The van der Waals surface area contributed by atoms with Crippen molar-refractivity contribution in [1.29, 1.82) is 0 Å². The zero-order valence-electron chi connectivity index (χ0n) is 16.2. The molecule has 4 rings (SSSR count). The summed E-state index contributed by atoms with van der Waals surface area (Å²) in [7, 11) is 0. The number of rotatable bonds is 5. The number of ether oxygens (including phenoxy) is 1. The van der Waals surface area contributed by atoms with Crippen molar-refractivity contribution in [2.45, 2.75) is 13.5 Å². The number of imide groups is 1. The smallest absolute Gasteiger partial charge is 0.298 e. The maximum absolute atomic E-state index is 12.9. The zero-order chi connectivity index (χ0) is 21.1. The molecule has 3 aromatic rings. The molecule has 3 aromatic carbocycles. The van der Waals surface area contributed by atoms with Crippen molar-refractivity contribution in [2.75, 3.05) is 4.90 Å².